The molecule has 0 radical (unpaired) electrons. The lowest BCUT2D eigenvalue weighted by Crippen LogP contribution is -2.02. The minimum Gasteiger partial charge on any atom is -0.457 e. The summed E-state index contributed by atoms with van der Waals surface area (Å²) in [6.07, 6.45) is 1.53. The van der Waals surface area contributed by atoms with Crippen LogP contribution in [0.4, 0.5) is 4.39 Å². The van der Waals surface area contributed by atoms with Crippen LogP contribution in [0.15, 0.2) is 48.5 Å². The van der Waals surface area contributed by atoms with Crippen molar-refractivity contribution in [1.29, 1.82) is 0 Å². The number of aldehydes is 1. The number of carbonyl (C=O) groups excluding carboxylic acids is 2. The van der Waals surface area contributed by atoms with E-state index in [9.17, 15) is 14.0 Å². The molecule has 0 aliphatic heterocycles. The number of benzene rings is 2. The number of halogens is 1. The van der Waals surface area contributed by atoms with Gasteiger partial charge in [-0.25, -0.2) is 4.39 Å². The van der Waals surface area contributed by atoms with Crippen LogP contribution in [-0.2, 0) is 16.0 Å². The Hall–Kier alpha value is -2.49. The molecule has 0 aliphatic rings. The molecule has 0 saturated heterocycles. The van der Waals surface area contributed by atoms with E-state index in [1.54, 1.807) is 18.2 Å². The Bertz CT molecular complexity index is 620. The molecule has 0 N–H and O–H groups in total. The fourth-order valence-electron chi connectivity index (χ4n) is 1.89. The second kappa shape index (κ2) is 7.33. The van der Waals surface area contributed by atoms with Crippen molar-refractivity contribution in [2.75, 3.05) is 0 Å². The van der Waals surface area contributed by atoms with Crippen molar-refractivity contribution in [3.63, 3.8) is 0 Å². The first kappa shape index (κ1) is 14.9. The molecule has 0 saturated carbocycles. The lowest BCUT2D eigenvalue weighted by molar-refractivity contribution is -0.120. The Kier molecular flexibility index (Phi) is 5.21. The molecule has 2 aromatic rings. The molecule has 0 aliphatic carbocycles. The van der Waals surface area contributed by atoms with Gasteiger partial charge < -0.3 is 9.53 Å². The largest absolute Gasteiger partial charge is 0.457 e. The van der Waals surface area contributed by atoms with Gasteiger partial charge >= 0.3 is 0 Å². The molecule has 0 heterocycles. The fraction of sp³-hybridized carbons (Fsp3) is 0.176. The summed E-state index contributed by atoms with van der Waals surface area (Å²) < 4.78 is 18.4. The standard InChI is InChI=1S/C17H15FO3/c18-14-6-8-16(9-7-14)21-17-5-1-3-13(12-17)11-15(20)4-2-10-19/h1,3,5-10,12H,2,4,11H2. The van der Waals surface area contributed by atoms with Crippen molar-refractivity contribution >= 4 is 12.1 Å². The molecule has 2 aromatic carbocycles. The monoisotopic (exact) mass is 286 g/mol. The molecule has 0 atom stereocenters. The van der Waals surface area contributed by atoms with E-state index < -0.39 is 0 Å². The number of hydrogen-bond acceptors (Lipinski definition) is 3. The summed E-state index contributed by atoms with van der Waals surface area (Å²) >= 11 is 0. The number of Topliss-reactive ketones (excluding diaryl/α,β-unsaturated/α-hetero) is 1. The van der Waals surface area contributed by atoms with Gasteiger partial charge in [0.05, 0.1) is 0 Å². The zero-order valence-electron chi connectivity index (χ0n) is 11.4. The van der Waals surface area contributed by atoms with E-state index in [0.29, 0.717) is 11.5 Å². The molecule has 0 amide bonds. The van der Waals surface area contributed by atoms with Gasteiger partial charge in [0.15, 0.2) is 0 Å². The Morgan fingerprint density at radius 2 is 1.86 bits per heavy atom. The van der Waals surface area contributed by atoms with Gasteiger partial charge in [-0.15, -0.1) is 0 Å². The molecule has 0 aromatic heterocycles. The molecule has 21 heavy (non-hydrogen) atoms. The molecule has 0 spiro atoms. The SMILES string of the molecule is O=CCCC(=O)Cc1cccc(Oc2ccc(F)cc2)c1. The van der Waals surface area contributed by atoms with E-state index >= 15 is 0 Å². The highest BCUT2D eigenvalue weighted by Gasteiger charge is 2.05. The summed E-state index contributed by atoms with van der Waals surface area (Å²) in [5.41, 5.74) is 0.825. The zero-order chi connectivity index (χ0) is 15.1. The average Bonchev–Trinajstić information content (AvgIpc) is 2.48. The second-order valence-electron chi connectivity index (χ2n) is 4.62. The van der Waals surface area contributed by atoms with Crippen molar-refractivity contribution in [2.45, 2.75) is 19.3 Å². The van der Waals surface area contributed by atoms with Crippen LogP contribution in [0.5, 0.6) is 11.5 Å². The van der Waals surface area contributed by atoms with E-state index in [0.717, 1.165) is 11.8 Å². The second-order valence-corrected chi connectivity index (χ2v) is 4.62. The maximum absolute atomic E-state index is 12.8. The normalized spacial score (nSPS) is 10.1. The first-order valence-electron chi connectivity index (χ1n) is 6.65. The maximum atomic E-state index is 12.8. The fourth-order valence-corrected chi connectivity index (χ4v) is 1.89. The third-order valence-corrected chi connectivity index (χ3v) is 2.89. The van der Waals surface area contributed by atoms with Crippen molar-refractivity contribution in [3.05, 3.63) is 59.9 Å². The third-order valence-electron chi connectivity index (χ3n) is 2.89. The minimum atomic E-state index is -0.322. The highest BCUT2D eigenvalue weighted by molar-refractivity contribution is 5.82. The van der Waals surface area contributed by atoms with Crippen molar-refractivity contribution in [2.24, 2.45) is 0 Å². The maximum Gasteiger partial charge on any atom is 0.137 e. The molecular formula is C17H15FO3. The smallest absolute Gasteiger partial charge is 0.137 e. The first-order chi connectivity index (χ1) is 10.2. The summed E-state index contributed by atoms with van der Waals surface area (Å²) in [6.45, 7) is 0. The summed E-state index contributed by atoms with van der Waals surface area (Å²) in [7, 11) is 0. The van der Waals surface area contributed by atoms with E-state index in [2.05, 4.69) is 0 Å². The molecule has 0 unspecified atom stereocenters. The molecule has 3 nitrogen and oxygen atoms in total. The highest BCUT2D eigenvalue weighted by Crippen LogP contribution is 2.22. The van der Waals surface area contributed by atoms with Gasteiger partial charge in [-0.05, 0) is 42.0 Å². The summed E-state index contributed by atoms with van der Waals surface area (Å²) in [6, 6.07) is 12.9. The van der Waals surface area contributed by atoms with Crippen LogP contribution in [0.3, 0.4) is 0 Å². The predicted molar refractivity (Wildman–Crippen MR) is 76.9 cm³/mol. The lowest BCUT2D eigenvalue weighted by atomic mass is 10.1. The predicted octanol–water partition coefficient (Wildman–Crippen LogP) is 3.71. The van der Waals surface area contributed by atoms with Crippen molar-refractivity contribution < 1.29 is 18.7 Å². The van der Waals surface area contributed by atoms with Gasteiger partial charge in [-0.2, -0.15) is 0 Å². The van der Waals surface area contributed by atoms with Gasteiger partial charge in [-0.1, -0.05) is 12.1 Å². The van der Waals surface area contributed by atoms with Crippen LogP contribution in [0.25, 0.3) is 0 Å². The molecular weight excluding hydrogens is 271 g/mol. The van der Waals surface area contributed by atoms with Gasteiger partial charge in [0.25, 0.3) is 0 Å². The van der Waals surface area contributed by atoms with Crippen LogP contribution >= 0.6 is 0 Å². The number of hydrogen-bond donors (Lipinski definition) is 0. The number of ketones is 1. The number of ether oxygens (including phenoxy) is 1. The Morgan fingerprint density at radius 3 is 2.57 bits per heavy atom. The van der Waals surface area contributed by atoms with E-state index in [1.807, 2.05) is 6.07 Å². The summed E-state index contributed by atoms with van der Waals surface area (Å²) in [5.74, 6) is 0.807. The van der Waals surface area contributed by atoms with Crippen LogP contribution in [0.2, 0.25) is 0 Å². The van der Waals surface area contributed by atoms with Gasteiger partial charge in [-0.3, -0.25) is 4.79 Å². The Balaban J connectivity index is 2.01. The average molecular weight is 286 g/mol. The van der Waals surface area contributed by atoms with Crippen molar-refractivity contribution in [1.82, 2.24) is 0 Å². The van der Waals surface area contributed by atoms with Gasteiger partial charge in [0.2, 0.25) is 0 Å². The molecule has 2 rings (SSSR count). The molecule has 108 valence electrons. The van der Waals surface area contributed by atoms with Crippen LogP contribution in [0, 0.1) is 5.82 Å². The molecule has 0 fully saturated rings. The number of rotatable bonds is 7. The zero-order valence-corrected chi connectivity index (χ0v) is 11.4. The lowest BCUT2D eigenvalue weighted by Gasteiger charge is -2.07. The Morgan fingerprint density at radius 1 is 1.10 bits per heavy atom. The molecule has 0 bridgehead atoms. The van der Waals surface area contributed by atoms with Gasteiger partial charge in [0, 0.05) is 19.3 Å². The van der Waals surface area contributed by atoms with E-state index in [1.165, 1.54) is 24.3 Å². The molecule has 4 heteroatoms. The highest BCUT2D eigenvalue weighted by atomic mass is 19.1. The quantitative estimate of drug-likeness (QED) is 0.729. The van der Waals surface area contributed by atoms with Crippen LogP contribution < -0.4 is 4.74 Å². The summed E-state index contributed by atoms with van der Waals surface area (Å²) in [4.78, 5) is 21.9. The van der Waals surface area contributed by atoms with E-state index in [4.69, 9.17) is 4.74 Å². The topological polar surface area (TPSA) is 43.4 Å². The Labute approximate surface area is 122 Å². The van der Waals surface area contributed by atoms with Gasteiger partial charge in [0.1, 0.15) is 29.4 Å². The number of carbonyl (C=O) groups is 2. The third kappa shape index (κ3) is 4.84. The van der Waals surface area contributed by atoms with Crippen molar-refractivity contribution in [3.8, 4) is 11.5 Å². The van der Waals surface area contributed by atoms with Crippen LogP contribution in [-0.4, -0.2) is 12.1 Å². The van der Waals surface area contributed by atoms with Crippen LogP contribution in [0.1, 0.15) is 18.4 Å². The van der Waals surface area contributed by atoms with E-state index in [-0.39, 0.29) is 30.9 Å². The minimum absolute atomic E-state index is 0.0148. The summed E-state index contributed by atoms with van der Waals surface area (Å²) in [5, 5.41) is 0. The first-order valence-corrected chi connectivity index (χ1v) is 6.65.